The highest BCUT2D eigenvalue weighted by Gasteiger charge is 2.21. The van der Waals surface area contributed by atoms with Crippen LogP contribution in [0.4, 0.5) is 10.1 Å². The summed E-state index contributed by atoms with van der Waals surface area (Å²) >= 11 is 5.02. The molecular formula is C11H10FN3S. The van der Waals surface area contributed by atoms with Crippen LogP contribution < -0.4 is 10.6 Å². The second-order valence-electron chi connectivity index (χ2n) is 3.68. The van der Waals surface area contributed by atoms with Crippen molar-refractivity contribution in [3.8, 4) is 6.07 Å². The Morgan fingerprint density at radius 2 is 2.25 bits per heavy atom. The third-order valence-electron chi connectivity index (χ3n) is 2.26. The minimum absolute atomic E-state index is 0.289. The van der Waals surface area contributed by atoms with Crippen molar-refractivity contribution in [3.05, 3.63) is 29.6 Å². The van der Waals surface area contributed by atoms with Crippen LogP contribution in [-0.4, -0.2) is 11.2 Å². The average Bonchev–Trinajstić information content (AvgIpc) is 3.05. The van der Waals surface area contributed by atoms with Crippen LogP contribution in [0.2, 0.25) is 0 Å². The van der Waals surface area contributed by atoms with Gasteiger partial charge in [0.25, 0.3) is 0 Å². The van der Waals surface area contributed by atoms with Gasteiger partial charge in [-0.25, -0.2) is 4.39 Å². The van der Waals surface area contributed by atoms with Gasteiger partial charge in [-0.2, -0.15) is 5.26 Å². The molecule has 1 fully saturated rings. The van der Waals surface area contributed by atoms with E-state index in [1.54, 1.807) is 6.07 Å². The first kappa shape index (κ1) is 10.8. The summed E-state index contributed by atoms with van der Waals surface area (Å²) in [7, 11) is 0. The number of halogens is 1. The number of rotatable bonds is 2. The van der Waals surface area contributed by atoms with Gasteiger partial charge in [-0.05, 0) is 43.3 Å². The average molecular weight is 235 g/mol. The molecule has 1 aliphatic carbocycles. The number of anilines is 1. The molecule has 0 unspecified atom stereocenters. The van der Waals surface area contributed by atoms with E-state index in [9.17, 15) is 4.39 Å². The number of nitrogens with zero attached hydrogens (tertiary/aromatic N) is 1. The lowest BCUT2D eigenvalue weighted by molar-refractivity contribution is 0.631. The summed E-state index contributed by atoms with van der Waals surface area (Å²) in [5, 5.41) is 14.8. The second kappa shape index (κ2) is 4.45. The maximum atomic E-state index is 13.4. The molecule has 0 radical (unpaired) electrons. The van der Waals surface area contributed by atoms with Crippen LogP contribution in [0.15, 0.2) is 18.2 Å². The molecule has 1 aromatic carbocycles. The van der Waals surface area contributed by atoms with Gasteiger partial charge in [0.1, 0.15) is 5.82 Å². The molecule has 2 rings (SSSR count). The van der Waals surface area contributed by atoms with Crippen molar-refractivity contribution in [2.75, 3.05) is 5.32 Å². The predicted molar refractivity (Wildman–Crippen MR) is 63.5 cm³/mol. The lowest BCUT2D eigenvalue weighted by Gasteiger charge is -2.10. The monoisotopic (exact) mass is 235 g/mol. The summed E-state index contributed by atoms with van der Waals surface area (Å²) in [5.74, 6) is -0.473. The standard InChI is InChI=1S/C11H10FN3S/c12-9-5-7(6-13)1-4-10(9)15-11(16)14-8-2-3-8/h1,4-5,8H,2-3H2,(H2,14,15,16). The molecule has 0 saturated heterocycles. The summed E-state index contributed by atoms with van der Waals surface area (Å²) in [4.78, 5) is 0. The van der Waals surface area contributed by atoms with E-state index in [1.807, 2.05) is 6.07 Å². The summed E-state index contributed by atoms with van der Waals surface area (Å²) in [6.07, 6.45) is 2.22. The molecule has 82 valence electrons. The zero-order valence-corrected chi connectivity index (χ0v) is 9.27. The largest absolute Gasteiger partial charge is 0.360 e. The van der Waals surface area contributed by atoms with Crippen LogP contribution in [0, 0.1) is 17.1 Å². The quantitative estimate of drug-likeness (QED) is 0.771. The van der Waals surface area contributed by atoms with E-state index in [1.165, 1.54) is 12.1 Å². The summed E-state index contributed by atoms with van der Waals surface area (Å²) in [6.45, 7) is 0. The maximum absolute atomic E-state index is 13.4. The highest BCUT2D eigenvalue weighted by atomic mass is 32.1. The predicted octanol–water partition coefficient (Wildman–Crippen LogP) is 2.15. The molecule has 1 saturated carbocycles. The van der Waals surface area contributed by atoms with Crippen molar-refractivity contribution in [2.24, 2.45) is 0 Å². The van der Waals surface area contributed by atoms with E-state index in [0.717, 1.165) is 12.8 Å². The van der Waals surface area contributed by atoms with Gasteiger partial charge in [0.15, 0.2) is 5.11 Å². The topological polar surface area (TPSA) is 47.9 Å². The number of hydrogen-bond acceptors (Lipinski definition) is 2. The number of thiocarbonyl (C=S) groups is 1. The molecule has 2 N–H and O–H groups in total. The Bertz CT molecular complexity index is 463. The number of benzene rings is 1. The van der Waals surface area contributed by atoms with Gasteiger partial charge in [0.2, 0.25) is 0 Å². The second-order valence-corrected chi connectivity index (χ2v) is 4.09. The molecule has 0 atom stereocenters. The van der Waals surface area contributed by atoms with Crippen LogP contribution in [0.1, 0.15) is 18.4 Å². The van der Waals surface area contributed by atoms with E-state index in [-0.39, 0.29) is 5.69 Å². The van der Waals surface area contributed by atoms with Crippen molar-refractivity contribution >= 4 is 23.0 Å². The molecule has 16 heavy (non-hydrogen) atoms. The Labute approximate surface area is 98.3 Å². The summed E-state index contributed by atoms with van der Waals surface area (Å²) < 4.78 is 13.4. The smallest absolute Gasteiger partial charge is 0.171 e. The van der Waals surface area contributed by atoms with Crippen molar-refractivity contribution in [1.29, 1.82) is 5.26 Å². The van der Waals surface area contributed by atoms with Gasteiger partial charge in [0, 0.05) is 6.04 Å². The molecule has 5 heteroatoms. The molecule has 1 aliphatic rings. The number of hydrogen-bond donors (Lipinski definition) is 2. The lowest BCUT2D eigenvalue weighted by atomic mass is 10.2. The SMILES string of the molecule is N#Cc1ccc(NC(=S)NC2CC2)c(F)c1. The van der Waals surface area contributed by atoms with E-state index in [0.29, 0.717) is 16.7 Å². The molecular weight excluding hydrogens is 225 g/mol. The minimum Gasteiger partial charge on any atom is -0.360 e. The number of nitrogens with one attached hydrogen (secondary N) is 2. The van der Waals surface area contributed by atoms with Crippen molar-refractivity contribution in [2.45, 2.75) is 18.9 Å². The van der Waals surface area contributed by atoms with Crippen LogP contribution in [-0.2, 0) is 0 Å². The molecule has 0 aromatic heterocycles. The molecule has 0 spiro atoms. The summed E-state index contributed by atoms with van der Waals surface area (Å²) in [5.41, 5.74) is 0.585. The van der Waals surface area contributed by atoms with E-state index in [4.69, 9.17) is 17.5 Å². The molecule has 1 aromatic rings. The van der Waals surface area contributed by atoms with Crippen molar-refractivity contribution in [1.82, 2.24) is 5.32 Å². The fourth-order valence-corrected chi connectivity index (χ4v) is 1.53. The van der Waals surface area contributed by atoms with Gasteiger partial charge in [-0.15, -0.1) is 0 Å². The fourth-order valence-electron chi connectivity index (χ4n) is 1.26. The molecule has 3 nitrogen and oxygen atoms in total. The Kier molecular flexibility index (Phi) is 3.02. The maximum Gasteiger partial charge on any atom is 0.171 e. The Morgan fingerprint density at radius 1 is 1.50 bits per heavy atom. The minimum atomic E-state index is -0.473. The highest BCUT2D eigenvalue weighted by molar-refractivity contribution is 7.80. The van der Waals surface area contributed by atoms with Gasteiger partial charge < -0.3 is 10.6 Å². The van der Waals surface area contributed by atoms with Crippen LogP contribution in [0.25, 0.3) is 0 Å². The summed E-state index contributed by atoms with van der Waals surface area (Å²) in [6, 6.07) is 6.54. The third kappa shape index (κ3) is 2.67. The Balaban J connectivity index is 2.03. The zero-order valence-electron chi connectivity index (χ0n) is 8.46. The van der Waals surface area contributed by atoms with Gasteiger partial charge >= 0.3 is 0 Å². The first-order valence-electron chi connectivity index (χ1n) is 4.96. The van der Waals surface area contributed by atoms with E-state index < -0.39 is 5.82 Å². The lowest BCUT2D eigenvalue weighted by Crippen LogP contribution is -2.30. The third-order valence-corrected chi connectivity index (χ3v) is 2.48. The normalized spacial score (nSPS) is 14.0. The first-order valence-corrected chi connectivity index (χ1v) is 5.37. The fraction of sp³-hybridized carbons (Fsp3) is 0.273. The Hall–Kier alpha value is -1.67. The van der Waals surface area contributed by atoms with Gasteiger partial charge in [0.05, 0.1) is 17.3 Å². The highest BCUT2D eigenvalue weighted by Crippen LogP contribution is 2.19. The first-order chi connectivity index (χ1) is 7.69. The van der Waals surface area contributed by atoms with Gasteiger partial charge in [-0.3, -0.25) is 0 Å². The van der Waals surface area contributed by atoms with Gasteiger partial charge in [-0.1, -0.05) is 0 Å². The molecule has 0 aliphatic heterocycles. The molecule has 0 amide bonds. The van der Waals surface area contributed by atoms with Crippen molar-refractivity contribution < 1.29 is 4.39 Å². The van der Waals surface area contributed by atoms with Crippen LogP contribution >= 0.6 is 12.2 Å². The Morgan fingerprint density at radius 3 is 2.81 bits per heavy atom. The van der Waals surface area contributed by atoms with Crippen molar-refractivity contribution in [3.63, 3.8) is 0 Å². The van der Waals surface area contributed by atoms with Crippen LogP contribution in [0.3, 0.4) is 0 Å². The zero-order chi connectivity index (χ0) is 11.5. The van der Waals surface area contributed by atoms with E-state index >= 15 is 0 Å². The molecule has 0 bridgehead atoms. The van der Waals surface area contributed by atoms with Crippen LogP contribution in [0.5, 0.6) is 0 Å². The number of nitriles is 1. The van der Waals surface area contributed by atoms with E-state index in [2.05, 4.69) is 10.6 Å². The molecule has 0 heterocycles.